The molecule has 8 aliphatic rings. The Morgan fingerprint density at radius 1 is 0.536 bits per heavy atom. The molecule has 2 aliphatic heterocycles. The molecule has 2 heterocycles. The predicted molar refractivity (Wildman–Crippen MR) is 219 cm³/mol. The lowest BCUT2D eigenvalue weighted by atomic mass is 9.52. The van der Waals surface area contributed by atoms with E-state index in [0.717, 1.165) is 24.7 Å². The first-order valence-electron chi connectivity index (χ1n) is 22.8. The summed E-state index contributed by atoms with van der Waals surface area (Å²) in [6.07, 6.45) is 23.5. The van der Waals surface area contributed by atoms with E-state index in [0.29, 0.717) is 46.5 Å². The van der Waals surface area contributed by atoms with E-state index in [9.17, 15) is 9.59 Å². The maximum Gasteiger partial charge on any atom is 0.343 e. The van der Waals surface area contributed by atoms with Gasteiger partial charge in [-0.25, -0.2) is 9.59 Å². The van der Waals surface area contributed by atoms with Gasteiger partial charge in [-0.2, -0.15) is 0 Å². The summed E-state index contributed by atoms with van der Waals surface area (Å²) in [6.45, 7) is 4.97. The second-order valence-corrected chi connectivity index (χ2v) is 19.6. The maximum absolute atomic E-state index is 13.5. The topological polar surface area (TPSA) is 59.1 Å². The molecule has 0 radical (unpaired) electrons. The van der Waals surface area contributed by atoms with Crippen LogP contribution >= 0.6 is 0 Å². The molecule has 6 aliphatic carbocycles. The fourth-order valence-corrected chi connectivity index (χ4v) is 13.8. The van der Waals surface area contributed by atoms with E-state index in [1.807, 2.05) is 12.1 Å². The van der Waals surface area contributed by atoms with Crippen LogP contribution in [0.15, 0.2) is 60.7 Å². The van der Waals surface area contributed by atoms with Crippen LogP contribution < -0.4 is 9.47 Å². The smallest absolute Gasteiger partial charge is 0.343 e. The number of nitrogens with zero attached hydrogens (tertiary/aromatic N) is 2. The van der Waals surface area contributed by atoms with Gasteiger partial charge in [0.15, 0.2) is 0 Å². The fourth-order valence-electron chi connectivity index (χ4n) is 13.8. The Balaban J connectivity index is 0.770. The molecule has 6 fully saturated rings. The van der Waals surface area contributed by atoms with Gasteiger partial charge in [-0.3, -0.25) is 9.80 Å². The summed E-state index contributed by atoms with van der Waals surface area (Å²) in [4.78, 5) is 32.7. The highest BCUT2D eigenvalue weighted by atomic mass is 16.5. The molecule has 4 saturated carbocycles. The van der Waals surface area contributed by atoms with Crippen molar-refractivity contribution in [3.05, 3.63) is 94.0 Å². The van der Waals surface area contributed by atoms with Gasteiger partial charge >= 0.3 is 11.9 Å². The lowest BCUT2D eigenvalue weighted by Gasteiger charge is -2.59. The zero-order valence-corrected chi connectivity index (χ0v) is 33.3. The van der Waals surface area contributed by atoms with E-state index < -0.39 is 0 Å². The molecule has 0 amide bonds. The van der Waals surface area contributed by atoms with Gasteiger partial charge in [-0.05, 0) is 185 Å². The summed E-state index contributed by atoms with van der Waals surface area (Å²) in [5.74, 6) is 3.70. The van der Waals surface area contributed by atoms with Crippen molar-refractivity contribution in [3.8, 4) is 11.5 Å². The van der Waals surface area contributed by atoms with Gasteiger partial charge in [0.25, 0.3) is 0 Å². The molecule has 0 unspecified atom stereocenters. The van der Waals surface area contributed by atoms with Crippen molar-refractivity contribution in [1.29, 1.82) is 0 Å². The Labute approximate surface area is 333 Å². The van der Waals surface area contributed by atoms with Crippen LogP contribution in [0.5, 0.6) is 11.5 Å². The molecule has 0 aromatic heterocycles. The highest BCUT2D eigenvalue weighted by Crippen LogP contribution is 2.58. The number of piperidine rings is 2. The molecule has 294 valence electrons. The SMILES string of the molecule is O=C(Oc1ccc2c(c1)[C@]13CCCC[C@H]1[C@H](C2)N(CC1CCC1)CC3)c1ccc(C(=O)Oc2ccc3c(c2)[C@]24CCCC[C@H]2[C@H](C3)N(CC2CCC2)CC4)cc1. The van der Waals surface area contributed by atoms with E-state index in [1.165, 1.54) is 151 Å². The summed E-state index contributed by atoms with van der Waals surface area (Å²) in [5, 5.41) is 0. The van der Waals surface area contributed by atoms with Crippen LogP contribution in [0, 0.1) is 23.7 Å². The van der Waals surface area contributed by atoms with Crippen LogP contribution in [0.1, 0.15) is 146 Å². The Morgan fingerprint density at radius 3 is 1.39 bits per heavy atom. The first-order valence-corrected chi connectivity index (χ1v) is 22.8. The quantitative estimate of drug-likeness (QED) is 0.169. The monoisotopic (exact) mass is 752 g/mol. The van der Waals surface area contributed by atoms with Crippen molar-refractivity contribution in [2.75, 3.05) is 26.2 Å². The molecule has 0 spiro atoms. The predicted octanol–water partition coefficient (Wildman–Crippen LogP) is 9.84. The normalized spacial score (nSPS) is 32.4. The second-order valence-electron chi connectivity index (χ2n) is 19.6. The van der Waals surface area contributed by atoms with Gasteiger partial charge < -0.3 is 9.47 Å². The van der Waals surface area contributed by atoms with Gasteiger partial charge in [0, 0.05) is 36.0 Å². The van der Waals surface area contributed by atoms with Crippen molar-refractivity contribution in [3.63, 3.8) is 0 Å². The standard InChI is InChI=1S/C50H60N2O4/c53-47(55-39-19-17-37-27-45-41-11-1-3-21-49(41,43(37)29-39)23-25-51(45)31-33-7-5-8-33)35-13-15-36(16-14-35)48(54)56-40-20-18-38-28-46-42-12-2-4-22-50(42,44(38)30-40)24-26-52(46)32-34-9-6-10-34/h13-20,29-30,33-34,41-42,45-46H,1-12,21-28,31-32H2/t41-,42-,45-,46-,49-,50-/m0/s1. The van der Waals surface area contributed by atoms with Crippen LogP contribution in [0.25, 0.3) is 0 Å². The van der Waals surface area contributed by atoms with Crippen LogP contribution in [0.3, 0.4) is 0 Å². The summed E-state index contributed by atoms with van der Waals surface area (Å²) in [6, 6.07) is 21.0. The van der Waals surface area contributed by atoms with Crippen molar-refractivity contribution in [2.24, 2.45) is 23.7 Å². The molecular weight excluding hydrogens is 693 g/mol. The number of hydrogen-bond acceptors (Lipinski definition) is 6. The molecule has 56 heavy (non-hydrogen) atoms. The number of carbonyl (C=O) groups excluding carboxylic acids is 2. The Bertz CT molecular complexity index is 1860. The molecule has 6 heteroatoms. The number of ether oxygens (including phenoxy) is 2. The minimum atomic E-state index is -0.389. The van der Waals surface area contributed by atoms with Crippen LogP contribution in [0.2, 0.25) is 0 Å². The minimum absolute atomic E-state index is 0.210. The molecule has 3 aromatic carbocycles. The van der Waals surface area contributed by atoms with Gasteiger partial charge in [0.1, 0.15) is 11.5 Å². The molecule has 4 bridgehead atoms. The van der Waals surface area contributed by atoms with E-state index in [1.54, 1.807) is 24.3 Å². The Morgan fingerprint density at radius 2 is 0.982 bits per heavy atom. The molecule has 0 N–H and O–H groups in total. The molecule has 11 rings (SSSR count). The number of benzene rings is 3. The van der Waals surface area contributed by atoms with Gasteiger partial charge in [-0.1, -0.05) is 50.7 Å². The van der Waals surface area contributed by atoms with Gasteiger partial charge in [0.2, 0.25) is 0 Å². The molecular formula is C50H60N2O4. The summed E-state index contributed by atoms with van der Waals surface area (Å²) in [5.41, 5.74) is 7.10. The lowest BCUT2D eigenvalue weighted by molar-refractivity contribution is -0.0240. The maximum atomic E-state index is 13.5. The number of rotatable bonds is 8. The van der Waals surface area contributed by atoms with Crippen LogP contribution in [-0.4, -0.2) is 60.0 Å². The largest absolute Gasteiger partial charge is 0.423 e. The summed E-state index contributed by atoms with van der Waals surface area (Å²) < 4.78 is 12.1. The Hall–Kier alpha value is -3.48. The van der Waals surface area contributed by atoms with E-state index in [-0.39, 0.29) is 22.8 Å². The van der Waals surface area contributed by atoms with Crippen molar-refractivity contribution >= 4 is 11.9 Å². The average Bonchev–Trinajstić information content (AvgIpc) is 3.19. The van der Waals surface area contributed by atoms with Crippen molar-refractivity contribution in [2.45, 2.75) is 138 Å². The summed E-state index contributed by atoms with van der Waals surface area (Å²) in [7, 11) is 0. The fraction of sp³-hybridized carbons (Fsp3) is 0.600. The zero-order valence-electron chi connectivity index (χ0n) is 33.3. The van der Waals surface area contributed by atoms with E-state index >= 15 is 0 Å². The highest BCUT2D eigenvalue weighted by Gasteiger charge is 2.55. The second kappa shape index (κ2) is 14.1. The minimum Gasteiger partial charge on any atom is -0.423 e. The van der Waals surface area contributed by atoms with Crippen LogP contribution in [0.4, 0.5) is 0 Å². The van der Waals surface area contributed by atoms with Crippen molar-refractivity contribution < 1.29 is 19.1 Å². The third kappa shape index (κ3) is 5.93. The summed E-state index contributed by atoms with van der Waals surface area (Å²) >= 11 is 0. The zero-order chi connectivity index (χ0) is 37.4. The first-order chi connectivity index (χ1) is 27.5. The lowest BCUT2D eigenvalue weighted by Crippen LogP contribution is -2.61. The number of fused-ring (bicyclic) bond motifs is 2. The average molecular weight is 753 g/mol. The number of likely N-dealkylation sites (tertiary alicyclic amines) is 2. The highest BCUT2D eigenvalue weighted by molar-refractivity contribution is 5.95. The molecule has 2 saturated heterocycles. The Kier molecular flexibility index (Phi) is 8.99. The van der Waals surface area contributed by atoms with Crippen molar-refractivity contribution in [1.82, 2.24) is 9.80 Å². The van der Waals surface area contributed by atoms with Crippen LogP contribution in [-0.2, 0) is 23.7 Å². The van der Waals surface area contributed by atoms with Gasteiger partial charge in [0.05, 0.1) is 11.1 Å². The number of hydrogen-bond donors (Lipinski definition) is 0. The number of esters is 2. The molecule has 6 nitrogen and oxygen atoms in total. The van der Waals surface area contributed by atoms with Gasteiger partial charge in [-0.15, -0.1) is 0 Å². The first kappa shape index (κ1) is 35.7. The third-order valence-electron chi connectivity index (χ3n) is 17.1. The molecule has 6 atom stereocenters. The third-order valence-corrected chi connectivity index (χ3v) is 17.1. The van der Waals surface area contributed by atoms with E-state index in [2.05, 4.69) is 34.1 Å². The number of carbonyl (C=O) groups is 2. The molecule has 3 aromatic rings. The van der Waals surface area contributed by atoms with E-state index in [4.69, 9.17) is 9.47 Å².